The molecule has 16 heavy (non-hydrogen) atoms. The van der Waals surface area contributed by atoms with Gasteiger partial charge in [0.25, 0.3) is 0 Å². The van der Waals surface area contributed by atoms with Crippen molar-refractivity contribution in [2.24, 2.45) is 0 Å². The van der Waals surface area contributed by atoms with E-state index in [9.17, 15) is 4.79 Å². The fourth-order valence-electron chi connectivity index (χ4n) is 1.80. The molecule has 2 heterocycles. The Kier molecular flexibility index (Phi) is 4.37. The molecule has 88 valence electrons. The molecule has 2 rings (SSSR count). The SMILES string of the molecule is O=C(Cc1cc(Br)cs1)N1CCCNCC1. The first-order chi connectivity index (χ1) is 7.75. The molecule has 0 saturated carbocycles. The van der Waals surface area contributed by atoms with E-state index >= 15 is 0 Å². The number of carbonyl (C=O) groups is 1. The van der Waals surface area contributed by atoms with Crippen molar-refractivity contribution < 1.29 is 4.79 Å². The van der Waals surface area contributed by atoms with Crippen LogP contribution in [-0.2, 0) is 11.2 Å². The lowest BCUT2D eigenvalue weighted by molar-refractivity contribution is -0.130. The minimum atomic E-state index is 0.248. The van der Waals surface area contributed by atoms with Crippen LogP contribution < -0.4 is 5.32 Å². The van der Waals surface area contributed by atoms with Crippen LogP contribution in [0.4, 0.5) is 0 Å². The molecule has 0 unspecified atom stereocenters. The maximum absolute atomic E-state index is 12.0. The van der Waals surface area contributed by atoms with E-state index < -0.39 is 0 Å². The molecular weight excluding hydrogens is 288 g/mol. The maximum Gasteiger partial charge on any atom is 0.227 e. The molecule has 0 bridgehead atoms. The summed E-state index contributed by atoms with van der Waals surface area (Å²) in [4.78, 5) is 15.1. The summed E-state index contributed by atoms with van der Waals surface area (Å²) in [5.41, 5.74) is 0. The second kappa shape index (κ2) is 5.80. The summed E-state index contributed by atoms with van der Waals surface area (Å²) in [7, 11) is 0. The van der Waals surface area contributed by atoms with Crippen LogP contribution in [0.15, 0.2) is 15.9 Å². The Balaban J connectivity index is 1.91. The van der Waals surface area contributed by atoms with Crippen molar-refractivity contribution in [1.82, 2.24) is 10.2 Å². The van der Waals surface area contributed by atoms with Gasteiger partial charge in [-0.3, -0.25) is 4.79 Å². The third-order valence-electron chi connectivity index (χ3n) is 2.64. The largest absolute Gasteiger partial charge is 0.341 e. The highest BCUT2D eigenvalue weighted by Gasteiger charge is 2.16. The van der Waals surface area contributed by atoms with Gasteiger partial charge < -0.3 is 10.2 Å². The van der Waals surface area contributed by atoms with E-state index in [1.807, 2.05) is 16.3 Å². The highest BCUT2D eigenvalue weighted by atomic mass is 79.9. The number of rotatable bonds is 2. The Hall–Kier alpha value is -0.390. The highest BCUT2D eigenvalue weighted by molar-refractivity contribution is 9.10. The Morgan fingerprint density at radius 2 is 2.38 bits per heavy atom. The van der Waals surface area contributed by atoms with E-state index in [0.29, 0.717) is 6.42 Å². The molecule has 1 aromatic rings. The fraction of sp³-hybridized carbons (Fsp3) is 0.545. The maximum atomic E-state index is 12.0. The van der Waals surface area contributed by atoms with E-state index in [0.717, 1.165) is 41.9 Å². The van der Waals surface area contributed by atoms with E-state index in [1.54, 1.807) is 11.3 Å². The van der Waals surface area contributed by atoms with Crippen molar-refractivity contribution in [2.45, 2.75) is 12.8 Å². The van der Waals surface area contributed by atoms with Gasteiger partial charge >= 0.3 is 0 Å². The summed E-state index contributed by atoms with van der Waals surface area (Å²) in [6.07, 6.45) is 1.59. The summed E-state index contributed by atoms with van der Waals surface area (Å²) in [5.74, 6) is 0.248. The predicted octanol–water partition coefficient (Wildman–Crippen LogP) is 1.88. The summed E-state index contributed by atoms with van der Waals surface area (Å²) in [6.45, 7) is 3.66. The smallest absolute Gasteiger partial charge is 0.227 e. The van der Waals surface area contributed by atoms with Crippen molar-refractivity contribution in [3.8, 4) is 0 Å². The Morgan fingerprint density at radius 3 is 3.12 bits per heavy atom. The molecule has 3 nitrogen and oxygen atoms in total. The molecule has 0 spiro atoms. The average molecular weight is 303 g/mol. The van der Waals surface area contributed by atoms with Gasteiger partial charge in [-0.25, -0.2) is 0 Å². The molecule has 1 fully saturated rings. The zero-order valence-corrected chi connectivity index (χ0v) is 11.4. The first-order valence-corrected chi connectivity index (χ1v) is 7.14. The number of nitrogens with zero attached hydrogens (tertiary/aromatic N) is 1. The molecular formula is C11H15BrN2OS. The zero-order valence-electron chi connectivity index (χ0n) is 9.04. The predicted molar refractivity (Wildman–Crippen MR) is 69.8 cm³/mol. The Labute approximate surface area is 108 Å². The Morgan fingerprint density at radius 1 is 1.50 bits per heavy atom. The Bertz CT molecular complexity index is 359. The molecule has 5 heteroatoms. The quantitative estimate of drug-likeness (QED) is 0.905. The molecule has 1 aromatic heterocycles. The molecule has 1 N–H and O–H groups in total. The molecule has 0 aromatic carbocycles. The van der Waals surface area contributed by atoms with Crippen LogP contribution in [0.1, 0.15) is 11.3 Å². The number of halogens is 1. The summed E-state index contributed by atoms with van der Waals surface area (Å²) in [6, 6.07) is 2.03. The first-order valence-electron chi connectivity index (χ1n) is 5.47. The van der Waals surface area contributed by atoms with Crippen molar-refractivity contribution in [2.75, 3.05) is 26.2 Å². The summed E-state index contributed by atoms with van der Waals surface area (Å²) < 4.78 is 1.07. The lowest BCUT2D eigenvalue weighted by Crippen LogP contribution is -2.35. The summed E-state index contributed by atoms with van der Waals surface area (Å²) >= 11 is 5.04. The van der Waals surface area contributed by atoms with Gasteiger partial charge in [0.2, 0.25) is 5.91 Å². The molecule has 0 radical (unpaired) electrons. The van der Waals surface area contributed by atoms with E-state index in [-0.39, 0.29) is 5.91 Å². The molecule has 0 aliphatic carbocycles. The van der Waals surface area contributed by atoms with Gasteiger partial charge in [0.1, 0.15) is 0 Å². The van der Waals surface area contributed by atoms with Gasteiger partial charge in [0, 0.05) is 34.4 Å². The second-order valence-corrected chi connectivity index (χ2v) is 5.80. The van der Waals surface area contributed by atoms with Gasteiger partial charge in [-0.05, 0) is 35.0 Å². The van der Waals surface area contributed by atoms with Crippen molar-refractivity contribution in [3.05, 3.63) is 20.8 Å². The van der Waals surface area contributed by atoms with E-state index in [2.05, 4.69) is 21.2 Å². The third-order valence-corrected chi connectivity index (χ3v) is 4.34. The van der Waals surface area contributed by atoms with E-state index in [1.165, 1.54) is 0 Å². The standard InChI is InChI=1S/C11H15BrN2OS/c12-9-6-10(16-8-9)7-11(15)14-4-1-2-13-3-5-14/h6,8,13H,1-5,7H2. The van der Waals surface area contributed by atoms with Gasteiger partial charge in [-0.15, -0.1) is 11.3 Å². The lowest BCUT2D eigenvalue weighted by atomic mass is 10.3. The molecule has 1 aliphatic heterocycles. The third kappa shape index (κ3) is 3.30. The van der Waals surface area contributed by atoms with Gasteiger partial charge in [-0.2, -0.15) is 0 Å². The molecule has 1 saturated heterocycles. The number of hydrogen-bond donors (Lipinski definition) is 1. The van der Waals surface area contributed by atoms with Gasteiger partial charge in [0.15, 0.2) is 0 Å². The zero-order chi connectivity index (χ0) is 11.4. The minimum absolute atomic E-state index is 0.248. The lowest BCUT2D eigenvalue weighted by Gasteiger charge is -2.19. The molecule has 1 amide bonds. The topological polar surface area (TPSA) is 32.3 Å². The second-order valence-electron chi connectivity index (χ2n) is 3.89. The van der Waals surface area contributed by atoms with Crippen LogP contribution in [-0.4, -0.2) is 37.0 Å². The average Bonchev–Trinajstić information content (AvgIpc) is 2.56. The number of carbonyl (C=O) groups excluding carboxylic acids is 1. The van der Waals surface area contributed by atoms with Crippen LogP contribution in [0, 0.1) is 0 Å². The highest BCUT2D eigenvalue weighted by Crippen LogP contribution is 2.20. The van der Waals surface area contributed by atoms with Crippen LogP contribution >= 0.6 is 27.3 Å². The molecule has 1 aliphatic rings. The normalized spacial score (nSPS) is 17.2. The van der Waals surface area contributed by atoms with Crippen molar-refractivity contribution in [1.29, 1.82) is 0 Å². The summed E-state index contributed by atoms with van der Waals surface area (Å²) in [5, 5.41) is 5.32. The minimum Gasteiger partial charge on any atom is -0.341 e. The van der Waals surface area contributed by atoms with Crippen molar-refractivity contribution in [3.63, 3.8) is 0 Å². The number of thiophene rings is 1. The van der Waals surface area contributed by atoms with Gasteiger partial charge in [-0.1, -0.05) is 0 Å². The van der Waals surface area contributed by atoms with Crippen LogP contribution in [0.25, 0.3) is 0 Å². The van der Waals surface area contributed by atoms with Crippen LogP contribution in [0.3, 0.4) is 0 Å². The van der Waals surface area contributed by atoms with E-state index in [4.69, 9.17) is 0 Å². The van der Waals surface area contributed by atoms with Crippen LogP contribution in [0.5, 0.6) is 0 Å². The monoisotopic (exact) mass is 302 g/mol. The fourth-order valence-corrected chi connectivity index (χ4v) is 3.24. The number of nitrogens with one attached hydrogen (secondary N) is 1. The number of hydrogen-bond acceptors (Lipinski definition) is 3. The van der Waals surface area contributed by atoms with Crippen LogP contribution in [0.2, 0.25) is 0 Å². The molecule has 0 atom stereocenters. The van der Waals surface area contributed by atoms with Crippen molar-refractivity contribution >= 4 is 33.2 Å². The first kappa shape index (κ1) is 12.1. The number of amides is 1. The van der Waals surface area contributed by atoms with Gasteiger partial charge in [0.05, 0.1) is 6.42 Å².